The quantitative estimate of drug-likeness (QED) is 0.481. The van der Waals surface area contributed by atoms with Gasteiger partial charge in [-0.2, -0.15) is 0 Å². The van der Waals surface area contributed by atoms with Crippen LogP contribution in [-0.4, -0.2) is 50.3 Å². The van der Waals surface area contributed by atoms with Gasteiger partial charge in [-0.3, -0.25) is 9.69 Å². The van der Waals surface area contributed by atoms with Crippen LogP contribution in [0.2, 0.25) is 0 Å². The first-order valence-corrected chi connectivity index (χ1v) is 12.1. The molecule has 0 amide bonds. The summed E-state index contributed by atoms with van der Waals surface area (Å²) in [6.07, 6.45) is 5.70. The van der Waals surface area contributed by atoms with Gasteiger partial charge in [0.2, 0.25) is 0 Å². The van der Waals surface area contributed by atoms with Crippen molar-refractivity contribution < 1.29 is 17.9 Å². The van der Waals surface area contributed by atoms with E-state index in [0.29, 0.717) is 19.6 Å². The highest BCUT2D eigenvalue weighted by Gasteiger charge is 2.54. The molecule has 0 aromatic heterocycles. The molecular weight excluding hydrogens is 418 g/mol. The molecule has 2 aromatic carbocycles. The molecule has 1 heterocycles. The van der Waals surface area contributed by atoms with Crippen LogP contribution in [0.1, 0.15) is 19.8 Å². The molecule has 1 aliphatic heterocycles. The summed E-state index contributed by atoms with van der Waals surface area (Å²) in [6, 6.07) is 16.6. The minimum absolute atomic E-state index is 0.136. The maximum Gasteiger partial charge on any atom is 0.327 e. The Balaban J connectivity index is 1.88. The Kier molecular flexibility index (Phi) is 7.24. The lowest BCUT2D eigenvalue weighted by atomic mass is 9.95. The van der Waals surface area contributed by atoms with E-state index in [1.165, 1.54) is 0 Å². The molecule has 0 atom stereocenters. The monoisotopic (exact) mass is 443 g/mol. The number of hydrogen-bond acceptors (Lipinski definition) is 6. The second-order valence-electron chi connectivity index (χ2n) is 7.08. The summed E-state index contributed by atoms with van der Waals surface area (Å²) >= 11 is 1.55. The van der Waals surface area contributed by atoms with Gasteiger partial charge in [0.05, 0.1) is 18.0 Å². The zero-order valence-corrected chi connectivity index (χ0v) is 18.5. The smallest absolute Gasteiger partial charge is 0.327 e. The highest BCUT2D eigenvalue weighted by atomic mass is 32.2. The molecule has 30 heavy (non-hydrogen) atoms. The number of nitrogens with zero attached hydrogens (tertiary/aromatic N) is 1. The van der Waals surface area contributed by atoms with E-state index in [9.17, 15) is 13.2 Å². The van der Waals surface area contributed by atoms with Crippen molar-refractivity contribution in [1.29, 1.82) is 0 Å². The molecular formula is C23H25NO4S2. The predicted molar refractivity (Wildman–Crippen MR) is 118 cm³/mol. The summed E-state index contributed by atoms with van der Waals surface area (Å²) in [5.41, 5.74) is 0. The highest BCUT2D eigenvalue weighted by Crippen LogP contribution is 2.38. The van der Waals surface area contributed by atoms with Crippen molar-refractivity contribution in [2.45, 2.75) is 39.2 Å². The molecule has 3 rings (SSSR count). The second-order valence-corrected chi connectivity index (χ2v) is 10.5. The fraction of sp³-hybridized carbons (Fsp3) is 0.348. The van der Waals surface area contributed by atoms with Crippen molar-refractivity contribution in [2.24, 2.45) is 0 Å². The first-order chi connectivity index (χ1) is 14.4. The molecule has 2 aromatic rings. The van der Waals surface area contributed by atoms with Crippen LogP contribution < -0.4 is 0 Å². The molecule has 158 valence electrons. The number of likely N-dealkylation sites (tertiary alicyclic amines) is 1. The van der Waals surface area contributed by atoms with Crippen molar-refractivity contribution in [3.05, 3.63) is 54.6 Å². The highest BCUT2D eigenvalue weighted by molar-refractivity contribution is 7.99. The molecule has 0 spiro atoms. The Labute approximate surface area is 182 Å². The molecule has 0 bridgehead atoms. The number of sulfone groups is 1. The fourth-order valence-corrected chi connectivity index (χ4v) is 6.37. The average Bonchev–Trinajstić information content (AvgIpc) is 2.76. The molecule has 0 radical (unpaired) electrons. The standard InChI is InChI=1S/C23H25NO4S2/c1-3-16-24-17-14-23(15-18-24,22(25)28-4-2)30(26,27)21-12-10-20(11-13-21)29-19-8-6-5-7-9-19/h1,5-13H,4,14-18H2,2H3. The Morgan fingerprint density at radius 1 is 1.10 bits per heavy atom. The van der Waals surface area contributed by atoms with Crippen LogP contribution in [0.4, 0.5) is 0 Å². The van der Waals surface area contributed by atoms with Crippen molar-refractivity contribution >= 4 is 27.6 Å². The lowest BCUT2D eigenvalue weighted by molar-refractivity contribution is -0.147. The number of benzene rings is 2. The molecule has 7 heteroatoms. The third-order valence-corrected chi connectivity index (χ3v) is 8.77. The SMILES string of the molecule is C#CCN1CCC(C(=O)OCC)(S(=O)(=O)c2ccc(Sc3ccccc3)cc2)CC1. The molecule has 5 nitrogen and oxygen atoms in total. The first kappa shape index (κ1) is 22.4. The third-order valence-electron chi connectivity index (χ3n) is 5.25. The molecule has 0 saturated carbocycles. The van der Waals surface area contributed by atoms with E-state index in [1.807, 2.05) is 35.2 Å². The number of carbonyl (C=O) groups excluding carboxylic acids is 1. The van der Waals surface area contributed by atoms with Gasteiger partial charge >= 0.3 is 5.97 Å². The van der Waals surface area contributed by atoms with Gasteiger partial charge in [0.1, 0.15) is 0 Å². The first-order valence-electron chi connectivity index (χ1n) is 9.83. The summed E-state index contributed by atoms with van der Waals surface area (Å²) in [7, 11) is -3.94. The Morgan fingerprint density at radius 3 is 2.27 bits per heavy atom. The molecule has 0 aliphatic carbocycles. The van der Waals surface area contributed by atoms with E-state index in [1.54, 1.807) is 43.0 Å². The molecule has 1 aliphatic rings. The largest absolute Gasteiger partial charge is 0.465 e. The van der Waals surface area contributed by atoms with E-state index >= 15 is 0 Å². The number of piperidine rings is 1. The Hall–Kier alpha value is -2.27. The molecule has 0 unspecified atom stereocenters. The van der Waals surface area contributed by atoms with Crippen LogP contribution in [0.5, 0.6) is 0 Å². The summed E-state index contributed by atoms with van der Waals surface area (Å²) in [6.45, 7) is 3.12. The maximum atomic E-state index is 13.6. The number of esters is 1. The van der Waals surface area contributed by atoms with Gasteiger partial charge < -0.3 is 4.74 Å². The molecule has 1 fully saturated rings. The fourth-order valence-electron chi connectivity index (χ4n) is 3.58. The second kappa shape index (κ2) is 9.69. The zero-order chi connectivity index (χ0) is 21.6. The summed E-state index contributed by atoms with van der Waals surface area (Å²) in [5.74, 6) is 1.90. The van der Waals surface area contributed by atoms with E-state index in [0.717, 1.165) is 9.79 Å². The molecule has 0 N–H and O–H groups in total. The summed E-state index contributed by atoms with van der Waals surface area (Å²) < 4.78 is 30.8. The lowest BCUT2D eigenvalue weighted by Gasteiger charge is -2.38. The van der Waals surface area contributed by atoms with Gasteiger partial charge in [0.15, 0.2) is 14.6 Å². The van der Waals surface area contributed by atoms with Crippen LogP contribution in [0.15, 0.2) is 69.3 Å². The van der Waals surface area contributed by atoms with Crippen LogP contribution >= 0.6 is 11.8 Å². The van der Waals surface area contributed by atoms with Gasteiger partial charge in [-0.15, -0.1) is 6.42 Å². The predicted octanol–water partition coefficient (Wildman–Crippen LogP) is 3.64. The normalized spacial score (nSPS) is 16.5. The van der Waals surface area contributed by atoms with Gasteiger partial charge in [-0.05, 0) is 56.2 Å². The zero-order valence-electron chi connectivity index (χ0n) is 16.9. The van der Waals surface area contributed by atoms with Gasteiger partial charge in [0, 0.05) is 22.9 Å². The number of terminal acetylenes is 1. The van der Waals surface area contributed by atoms with E-state index in [-0.39, 0.29) is 24.3 Å². The van der Waals surface area contributed by atoms with E-state index in [2.05, 4.69) is 5.92 Å². The van der Waals surface area contributed by atoms with Crippen molar-refractivity contribution in [1.82, 2.24) is 4.90 Å². The van der Waals surface area contributed by atoms with Crippen LogP contribution in [0.25, 0.3) is 0 Å². The summed E-state index contributed by atoms with van der Waals surface area (Å²) in [5, 5.41) is 0. The number of rotatable bonds is 7. The van der Waals surface area contributed by atoms with Gasteiger partial charge in [0.25, 0.3) is 0 Å². The average molecular weight is 444 g/mol. The van der Waals surface area contributed by atoms with Gasteiger partial charge in [-0.25, -0.2) is 8.42 Å². The van der Waals surface area contributed by atoms with Crippen molar-refractivity contribution in [2.75, 3.05) is 26.2 Å². The molecule has 1 saturated heterocycles. The number of carbonyl (C=O) groups is 1. The minimum atomic E-state index is -3.94. The third kappa shape index (κ3) is 4.56. The maximum absolute atomic E-state index is 13.6. The van der Waals surface area contributed by atoms with Crippen molar-refractivity contribution in [3.63, 3.8) is 0 Å². The minimum Gasteiger partial charge on any atom is -0.465 e. The number of ether oxygens (including phenoxy) is 1. The summed E-state index contributed by atoms with van der Waals surface area (Å²) in [4.78, 5) is 17.0. The van der Waals surface area contributed by atoms with E-state index in [4.69, 9.17) is 11.2 Å². The van der Waals surface area contributed by atoms with Crippen molar-refractivity contribution in [3.8, 4) is 12.3 Å². The lowest BCUT2D eigenvalue weighted by Crippen LogP contribution is -2.55. The number of hydrogen-bond donors (Lipinski definition) is 0. The van der Waals surface area contributed by atoms with Crippen LogP contribution in [0.3, 0.4) is 0 Å². The van der Waals surface area contributed by atoms with E-state index < -0.39 is 20.6 Å². The van der Waals surface area contributed by atoms with Crippen LogP contribution in [-0.2, 0) is 19.4 Å². The van der Waals surface area contributed by atoms with Crippen LogP contribution in [0, 0.1) is 12.3 Å². The van der Waals surface area contributed by atoms with Gasteiger partial charge in [-0.1, -0.05) is 35.9 Å². The topological polar surface area (TPSA) is 63.7 Å². The Bertz CT molecular complexity index is 1000. The Morgan fingerprint density at radius 2 is 1.70 bits per heavy atom.